The van der Waals surface area contributed by atoms with E-state index in [2.05, 4.69) is 9.97 Å². The summed E-state index contributed by atoms with van der Waals surface area (Å²) in [6.07, 6.45) is 1.84. The predicted octanol–water partition coefficient (Wildman–Crippen LogP) is 1.40. The Labute approximate surface area is 55.0 Å². The molecule has 1 aromatic heterocycles. The maximum absolute atomic E-state index is 4.16. The van der Waals surface area contributed by atoms with Gasteiger partial charge >= 0.3 is 0 Å². The quantitative estimate of drug-likeness (QED) is 0.519. The number of aryl methyl sites for hydroxylation is 3. The van der Waals surface area contributed by atoms with Gasteiger partial charge in [0.25, 0.3) is 0 Å². The predicted molar refractivity (Wildman–Crippen MR) is 36.2 cm³/mol. The molecule has 1 heterocycles. The zero-order valence-corrected chi connectivity index (χ0v) is 5.97. The molecule has 0 aliphatic heterocycles. The van der Waals surface area contributed by atoms with Gasteiger partial charge in [0.1, 0.15) is 5.82 Å². The van der Waals surface area contributed by atoms with Crippen LogP contribution in [0, 0.1) is 20.8 Å². The van der Waals surface area contributed by atoms with E-state index in [-0.39, 0.29) is 0 Å². The molecule has 0 fully saturated rings. The summed E-state index contributed by atoms with van der Waals surface area (Å²) < 4.78 is 0. The molecule has 0 atom stereocenters. The zero-order valence-electron chi connectivity index (χ0n) is 5.97. The van der Waals surface area contributed by atoms with Gasteiger partial charge in [0, 0.05) is 11.9 Å². The lowest BCUT2D eigenvalue weighted by atomic mass is 10.3. The SMILES string of the molecule is Cc1ncc(C)c(C)n1. The van der Waals surface area contributed by atoms with Crippen molar-refractivity contribution in [3.8, 4) is 0 Å². The van der Waals surface area contributed by atoms with Crippen LogP contribution in [0.15, 0.2) is 6.20 Å². The maximum atomic E-state index is 4.16. The third-order valence-electron chi connectivity index (χ3n) is 1.35. The molecule has 0 N–H and O–H groups in total. The topological polar surface area (TPSA) is 25.8 Å². The van der Waals surface area contributed by atoms with Gasteiger partial charge in [-0.3, -0.25) is 0 Å². The third kappa shape index (κ3) is 1.25. The Morgan fingerprint density at radius 1 is 1.22 bits per heavy atom. The number of hydrogen-bond donors (Lipinski definition) is 0. The molecule has 0 aliphatic carbocycles. The molecule has 2 nitrogen and oxygen atoms in total. The van der Waals surface area contributed by atoms with Crippen LogP contribution >= 0.6 is 0 Å². The second-order valence-electron chi connectivity index (χ2n) is 2.19. The largest absolute Gasteiger partial charge is 0.241 e. The highest BCUT2D eigenvalue weighted by atomic mass is 14.9. The van der Waals surface area contributed by atoms with Crippen LogP contribution in [0.5, 0.6) is 0 Å². The van der Waals surface area contributed by atoms with E-state index < -0.39 is 0 Å². The van der Waals surface area contributed by atoms with Crippen molar-refractivity contribution in [1.82, 2.24) is 9.97 Å². The minimum Gasteiger partial charge on any atom is -0.241 e. The summed E-state index contributed by atoms with van der Waals surface area (Å²) in [4.78, 5) is 8.19. The fourth-order valence-corrected chi connectivity index (χ4v) is 0.643. The highest BCUT2D eigenvalue weighted by Crippen LogP contribution is 1.99. The summed E-state index contributed by atoms with van der Waals surface area (Å²) in [6.45, 7) is 5.89. The Morgan fingerprint density at radius 3 is 2.33 bits per heavy atom. The zero-order chi connectivity index (χ0) is 6.85. The van der Waals surface area contributed by atoms with Gasteiger partial charge in [0.2, 0.25) is 0 Å². The van der Waals surface area contributed by atoms with Crippen molar-refractivity contribution in [2.24, 2.45) is 0 Å². The van der Waals surface area contributed by atoms with Crippen LogP contribution < -0.4 is 0 Å². The molecule has 1 rings (SSSR count). The molecule has 0 radical (unpaired) electrons. The van der Waals surface area contributed by atoms with E-state index in [1.165, 1.54) is 0 Å². The Bertz CT molecular complexity index is 218. The van der Waals surface area contributed by atoms with Gasteiger partial charge in [-0.1, -0.05) is 0 Å². The van der Waals surface area contributed by atoms with Crippen molar-refractivity contribution >= 4 is 0 Å². The summed E-state index contributed by atoms with van der Waals surface area (Å²) in [5.74, 6) is 0.845. The molecule has 0 bridgehead atoms. The molecule has 0 aliphatic rings. The average Bonchev–Trinajstić information content (AvgIpc) is 1.80. The van der Waals surface area contributed by atoms with Crippen LogP contribution in [0.4, 0.5) is 0 Å². The van der Waals surface area contributed by atoms with Crippen LogP contribution in [-0.4, -0.2) is 9.97 Å². The molecular formula is C7H10N2. The molecule has 48 valence electrons. The minimum absolute atomic E-state index is 0.845. The van der Waals surface area contributed by atoms with E-state index in [9.17, 15) is 0 Å². The summed E-state index contributed by atoms with van der Waals surface area (Å²) >= 11 is 0. The van der Waals surface area contributed by atoms with Crippen molar-refractivity contribution in [1.29, 1.82) is 0 Å². The number of hydrogen-bond acceptors (Lipinski definition) is 2. The van der Waals surface area contributed by atoms with E-state index in [1.807, 2.05) is 27.0 Å². The Morgan fingerprint density at radius 2 is 1.89 bits per heavy atom. The van der Waals surface area contributed by atoms with Crippen LogP contribution in [0.3, 0.4) is 0 Å². The summed E-state index contributed by atoms with van der Waals surface area (Å²) in [5, 5.41) is 0. The van der Waals surface area contributed by atoms with Gasteiger partial charge in [0.15, 0.2) is 0 Å². The lowest BCUT2D eigenvalue weighted by Crippen LogP contribution is -1.92. The highest BCUT2D eigenvalue weighted by molar-refractivity contribution is 5.12. The number of rotatable bonds is 0. The lowest BCUT2D eigenvalue weighted by molar-refractivity contribution is 0.986. The normalized spacial score (nSPS) is 9.67. The Hall–Kier alpha value is -0.920. The fourth-order valence-electron chi connectivity index (χ4n) is 0.643. The standard InChI is InChI=1S/C7H10N2/c1-5-4-8-7(3)9-6(5)2/h4H,1-3H3. The lowest BCUT2D eigenvalue weighted by Gasteiger charge is -1.96. The van der Waals surface area contributed by atoms with E-state index >= 15 is 0 Å². The van der Waals surface area contributed by atoms with E-state index in [0.717, 1.165) is 17.1 Å². The first-order chi connectivity index (χ1) is 4.20. The summed E-state index contributed by atoms with van der Waals surface area (Å²) in [5.41, 5.74) is 2.23. The van der Waals surface area contributed by atoms with Crippen LogP contribution in [0.2, 0.25) is 0 Å². The van der Waals surface area contributed by atoms with Gasteiger partial charge in [-0.15, -0.1) is 0 Å². The van der Waals surface area contributed by atoms with Crippen molar-refractivity contribution in [2.75, 3.05) is 0 Å². The summed E-state index contributed by atoms with van der Waals surface area (Å²) in [6, 6.07) is 0. The molecule has 0 spiro atoms. The third-order valence-corrected chi connectivity index (χ3v) is 1.35. The van der Waals surface area contributed by atoms with Crippen molar-refractivity contribution < 1.29 is 0 Å². The molecule has 9 heavy (non-hydrogen) atoms. The minimum atomic E-state index is 0.845. The van der Waals surface area contributed by atoms with Crippen molar-refractivity contribution in [3.63, 3.8) is 0 Å². The fraction of sp³-hybridized carbons (Fsp3) is 0.429. The first-order valence-corrected chi connectivity index (χ1v) is 2.97. The molecule has 0 saturated heterocycles. The smallest absolute Gasteiger partial charge is 0.125 e. The Balaban J connectivity index is 3.17. The molecular weight excluding hydrogens is 112 g/mol. The molecule has 0 unspecified atom stereocenters. The van der Waals surface area contributed by atoms with Crippen LogP contribution in [0.1, 0.15) is 17.1 Å². The molecule has 1 aromatic rings. The second kappa shape index (κ2) is 2.13. The second-order valence-corrected chi connectivity index (χ2v) is 2.19. The number of nitrogens with zero attached hydrogens (tertiary/aromatic N) is 2. The first-order valence-electron chi connectivity index (χ1n) is 2.97. The van der Waals surface area contributed by atoms with Gasteiger partial charge in [-0.25, -0.2) is 9.97 Å². The maximum Gasteiger partial charge on any atom is 0.125 e. The Kier molecular flexibility index (Phi) is 1.47. The first kappa shape index (κ1) is 6.20. The van der Waals surface area contributed by atoms with Gasteiger partial charge in [-0.05, 0) is 26.3 Å². The van der Waals surface area contributed by atoms with Gasteiger partial charge < -0.3 is 0 Å². The molecule has 0 saturated carbocycles. The molecule has 2 heteroatoms. The molecule has 0 amide bonds. The van der Waals surface area contributed by atoms with E-state index in [1.54, 1.807) is 0 Å². The van der Waals surface area contributed by atoms with Crippen molar-refractivity contribution in [3.05, 3.63) is 23.3 Å². The monoisotopic (exact) mass is 122 g/mol. The van der Waals surface area contributed by atoms with Crippen molar-refractivity contribution in [2.45, 2.75) is 20.8 Å². The average molecular weight is 122 g/mol. The number of aromatic nitrogens is 2. The van der Waals surface area contributed by atoms with Gasteiger partial charge in [0.05, 0.1) is 0 Å². The van der Waals surface area contributed by atoms with E-state index in [4.69, 9.17) is 0 Å². The van der Waals surface area contributed by atoms with Gasteiger partial charge in [-0.2, -0.15) is 0 Å². The van der Waals surface area contributed by atoms with Crippen LogP contribution in [0.25, 0.3) is 0 Å². The van der Waals surface area contributed by atoms with E-state index in [0.29, 0.717) is 0 Å². The highest BCUT2D eigenvalue weighted by Gasteiger charge is 1.91. The molecule has 0 aromatic carbocycles. The summed E-state index contributed by atoms with van der Waals surface area (Å²) in [7, 11) is 0. The van der Waals surface area contributed by atoms with Crippen LogP contribution in [-0.2, 0) is 0 Å².